The first kappa shape index (κ1) is 22.7. The predicted molar refractivity (Wildman–Crippen MR) is 115 cm³/mol. The number of amides is 2. The molecule has 2 heterocycles. The Labute approximate surface area is 182 Å². The number of hydrogen-bond acceptors (Lipinski definition) is 5. The van der Waals surface area contributed by atoms with Crippen molar-refractivity contribution >= 4 is 12.2 Å². The molecule has 3 rings (SSSR count). The zero-order chi connectivity index (χ0) is 22.5. The number of hydrogen-bond donors (Lipinski definition) is 0. The van der Waals surface area contributed by atoms with Gasteiger partial charge >= 0.3 is 12.2 Å². The summed E-state index contributed by atoms with van der Waals surface area (Å²) in [7, 11) is 0. The molecule has 168 valence electrons. The van der Waals surface area contributed by atoms with Crippen LogP contribution in [0.15, 0.2) is 35.4 Å². The third-order valence-corrected chi connectivity index (χ3v) is 5.89. The van der Waals surface area contributed by atoms with Crippen molar-refractivity contribution in [1.82, 2.24) is 9.80 Å². The molecular formula is C22H31N5O4. The molecule has 2 aliphatic heterocycles. The average molecular weight is 430 g/mol. The van der Waals surface area contributed by atoms with Crippen LogP contribution in [0.3, 0.4) is 0 Å². The van der Waals surface area contributed by atoms with Crippen LogP contribution in [-0.4, -0.2) is 59.8 Å². The Morgan fingerprint density at radius 3 is 2.48 bits per heavy atom. The van der Waals surface area contributed by atoms with Gasteiger partial charge in [0.1, 0.15) is 12.2 Å². The first-order chi connectivity index (χ1) is 14.7. The van der Waals surface area contributed by atoms with Crippen LogP contribution >= 0.6 is 0 Å². The van der Waals surface area contributed by atoms with Crippen LogP contribution in [0.5, 0.6) is 0 Å². The Morgan fingerprint density at radius 2 is 1.87 bits per heavy atom. The molecule has 0 N–H and O–H groups in total. The van der Waals surface area contributed by atoms with E-state index in [4.69, 9.17) is 15.0 Å². The van der Waals surface area contributed by atoms with E-state index in [-0.39, 0.29) is 30.7 Å². The van der Waals surface area contributed by atoms with Gasteiger partial charge in [0.05, 0.1) is 0 Å². The fourth-order valence-corrected chi connectivity index (χ4v) is 4.33. The molecule has 0 radical (unpaired) electrons. The maximum absolute atomic E-state index is 12.8. The van der Waals surface area contributed by atoms with Crippen molar-refractivity contribution in [1.29, 1.82) is 0 Å². The van der Waals surface area contributed by atoms with Gasteiger partial charge in [-0.3, -0.25) is 0 Å². The number of piperidine rings is 1. The third-order valence-electron chi connectivity index (χ3n) is 5.89. The van der Waals surface area contributed by atoms with E-state index >= 15 is 0 Å². The number of benzene rings is 1. The van der Waals surface area contributed by atoms with Crippen molar-refractivity contribution in [3.05, 3.63) is 46.3 Å². The van der Waals surface area contributed by atoms with E-state index in [9.17, 15) is 9.59 Å². The molecule has 1 unspecified atom stereocenters. The molecule has 9 heteroatoms. The van der Waals surface area contributed by atoms with Crippen LogP contribution in [0.1, 0.15) is 45.6 Å². The number of azide groups is 1. The Hall–Kier alpha value is -2.93. The zero-order valence-corrected chi connectivity index (χ0v) is 18.5. The van der Waals surface area contributed by atoms with Crippen LogP contribution in [0.4, 0.5) is 9.59 Å². The molecule has 2 fully saturated rings. The van der Waals surface area contributed by atoms with Gasteiger partial charge in [0.2, 0.25) is 0 Å². The molecule has 1 atom stereocenters. The predicted octanol–water partition coefficient (Wildman–Crippen LogP) is 4.73. The van der Waals surface area contributed by atoms with E-state index in [1.54, 1.807) is 9.80 Å². The van der Waals surface area contributed by atoms with E-state index in [0.29, 0.717) is 19.6 Å². The van der Waals surface area contributed by atoms with E-state index in [2.05, 4.69) is 10.0 Å². The number of likely N-dealkylation sites (tertiary alicyclic amines) is 2. The largest absolute Gasteiger partial charge is 0.445 e. The van der Waals surface area contributed by atoms with Crippen LogP contribution in [0, 0.1) is 5.41 Å². The molecular weight excluding hydrogens is 398 g/mol. The lowest BCUT2D eigenvalue weighted by atomic mass is 9.76. The van der Waals surface area contributed by atoms with Crippen LogP contribution in [0.25, 0.3) is 10.4 Å². The topological polar surface area (TPSA) is 108 Å². The highest BCUT2D eigenvalue weighted by Crippen LogP contribution is 2.44. The number of carbonyl (C=O) groups is 2. The highest BCUT2D eigenvalue weighted by molar-refractivity contribution is 5.69. The highest BCUT2D eigenvalue weighted by atomic mass is 16.6. The summed E-state index contributed by atoms with van der Waals surface area (Å²) in [6.07, 6.45) is 1.57. The fraction of sp³-hybridized carbons (Fsp3) is 0.636. The van der Waals surface area contributed by atoms with E-state index < -0.39 is 11.7 Å². The van der Waals surface area contributed by atoms with Gasteiger partial charge in [-0.25, -0.2) is 9.59 Å². The molecule has 2 amide bonds. The summed E-state index contributed by atoms with van der Waals surface area (Å²) in [4.78, 5) is 31.5. The summed E-state index contributed by atoms with van der Waals surface area (Å²) in [5, 5.41) is 3.71. The van der Waals surface area contributed by atoms with Crippen molar-refractivity contribution in [3.8, 4) is 0 Å². The van der Waals surface area contributed by atoms with E-state index in [1.807, 2.05) is 51.1 Å². The summed E-state index contributed by atoms with van der Waals surface area (Å²) in [5.41, 5.74) is 9.04. The molecule has 0 saturated carbocycles. The lowest BCUT2D eigenvalue weighted by molar-refractivity contribution is 0.0106. The Balaban J connectivity index is 1.62. The van der Waals surface area contributed by atoms with E-state index in [1.165, 1.54) is 0 Å². The minimum Gasteiger partial charge on any atom is -0.445 e. The van der Waals surface area contributed by atoms with Gasteiger partial charge in [0.15, 0.2) is 0 Å². The second kappa shape index (κ2) is 9.47. The molecule has 31 heavy (non-hydrogen) atoms. The SMILES string of the molecule is CC(C)(C)OC(=O)N1CCC2(CC1)CC(CN=[N+]=[N-])N(C(=O)OCc1ccccc1)C2. The maximum Gasteiger partial charge on any atom is 0.410 e. The van der Waals surface area contributed by atoms with Gasteiger partial charge in [0, 0.05) is 37.1 Å². The molecule has 0 aliphatic carbocycles. The monoisotopic (exact) mass is 429 g/mol. The average Bonchev–Trinajstić information content (AvgIpc) is 3.08. The van der Waals surface area contributed by atoms with Gasteiger partial charge in [-0.2, -0.15) is 0 Å². The minimum absolute atomic E-state index is 0.111. The number of ether oxygens (including phenoxy) is 2. The molecule has 1 aromatic rings. The summed E-state index contributed by atoms with van der Waals surface area (Å²) < 4.78 is 11.0. The van der Waals surface area contributed by atoms with Crippen molar-refractivity contribution in [2.75, 3.05) is 26.2 Å². The highest BCUT2D eigenvalue weighted by Gasteiger charge is 2.48. The van der Waals surface area contributed by atoms with Gasteiger partial charge in [-0.15, -0.1) is 0 Å². The number of rotatable bonds is 4. The Kier molecular flexibility index (Phi) is 6.95. The van der Waals surface area contributed by atoms with E-state index in [0.717, 1.165) is 24.8 Å². The second-order valence-electron chi connectivity index (χ2n) is 9.41. The molecule has 0 bridgehead atoms. The lowest BCUT2D eigenvalue weighted by Crippen LogP contribution is -2.46. The molecule has 1 aromatic carbocycles. The van der Waals surface area contributed by atoms with Crippen LogP contribution in [0.2, 0.25) is 0 Å². The molecule has 9 nitrogen and oxygen atoms in total. The van der Waals surface area contributed by atoms with Crippen molar-refractivity contribution in [2.45, 2.75) is 58.3 Å². The summed E-state index contributed by atoms with van der Waals surface area (Å²) in [6, 6.07) is 9.32. The normalized spacial score (nSPS) is 20.3. The molecule has 2 aliphatic rings. The molecule has 0 aromatic heterocycles. The van der Waals surface area contributed by atoms with Crippen molar-refractivity contribution in [2.24, 2.45) is 10.5 Å². The van der Waals surface area contributed by atoms with Gasteiger partial charge < -0.3 is 19.3 Å². The maximum atomic E-state index is 12.8. The zero-order valence-electron chi connectivity index (χ0n) is 18.5. The van der Waals surface area contributed by atoms with Crippen LogP contribution in [-0.2, 0) is 16.1 Å². The fourth-order valence-electron chi connectivity index (χ4n) is 4.33. The van der Waals surface area contributed by atoms with Crippen molar-refractivity contribution < 1.29 is 19.1 Å². The summed E-state index contributed by atoms with van der Waals surface area (Å²) >= 11 is 0. The lowest BCUT2D eigenvalue weighted by Gasteiger charge is -2.39. The Bertz CT molecular complexity index is 824. The first-order valence-corrected chi connectivity index (χ1v) is 10.7. The standard InChI is InChI=1S/C22H31N5O4/c1-21(2,3)31-19(28)26-11-9-22(10-12-26)13-18(14-24-25-23)27(16-22)20(29)30-15-17-7-5-4-6-8-17/h4-8,18H,9-16H2,1-3H3. The summed E-state index contributed by atoms with van der Waals surface area (Å²) in [5.74, 6) is 0. The van der Waals surface area contributed by atoms with Gasteiger partial charge in [-0.1, -0.05) is 35.4 Å². The van der Waals surface area contributed by atoms with Crippen molar-refractivity contribution in [3.63, 3.8) is 0 Å². The van der Waals surface area contributed by atoms with Crippen LogP contribution < -0.4 is 0 Å². The van der Waals surface area contributed by atoms with Gasteiger partial charge in [0.25, 0.3) is 0 Å². The molecule has 1 spiro atoms. The quantitative estimate of drug-likeness (QED) is 0.392. The molecule has 2 saturated heterocycles. The smallest absolute Gasteiger partial charge is 0.410 e. The second-order valence-corrected chi connectivity index (χ2v) is 9.41. The summed E-state index contributed by atoms with van der Waals surface area (Å²) in [6.45, 7) is 7.67. The minimum atomic E-state index is -0.528. The first-order valence-electron chi connectivity index (χ1n) is 10.7. The third kappa shape index (κ3) is 6.04. The van der Waals surface area contributed by atoms with Gasteiger partial charge in [-0.05, 0) is 56.5 Å². The number of nitrogens with zero attached hydrogens (tertiary/aromatic N) is 5. The Morgan fingerprint density at radius 1 is 1.19 bits per heavy atom. The number of carbonyl (C=O) groups excluding carboxylic acids is 2.